The summed E-state index contributed by atoms with van der Waals surface area (Å²) in [6.07, 6.45) is 0.562. The largest absolute Gasteiger partial charge is 0.496 e. The van der Waals surface area contributed by atoms with Crippen molar-refractivity contribution in [2.24, 2.45) is 7.05 Å². The zero-order valence-corrected chi connectivity index (χ0v) is 26.7. The summed E-state index contributed by atoms with van der Waals surface area (Å²) in [5.74, 6) is -0.662. The molecule has 0 aliphatic carbocycles. The fourth-order valence-corrected chi connectivity index (χ4v) is 6.28. The summed E-state index contributed by atoms with van der Waals surface area (Å²) < 4.78 is 25.9. The van der Waals surface area contributed by atoms with Crippen LogP contribution in [0.4, 0.5) is 0 Å². The fourth-order valence-electron chi connectivity index (χ4n) is 5.97. The minimum atomic E-state index is -1.16. The number of fused-ring (bicyclic) bond motifs is 5. The van der Waals surface area contributed by atoms with Gasteiger partial charge in [-0.2, -0.15) is 0 Å². The molecule has 45 heavy (non-hydrogen) atoms. The van der Waals surface area contributed by atoms with E-state index in [1.54, 1.807) is 38.1 Å². The molecule has 0 amide bonds. The van der Waals surface area contributed by atoms with E-state index in [2.05, 4.69) is 0 Å². The van der Waals surface area contributed by atoms with E-state index in [1.165, 1.54) is 26.2 Å². The molecule has 5 aromatic rings. The summed E-state index contributed by atoms with van der Waals surface area (Å²) in [6.45, 7) is 4.74. The van der Waals surface area contributed by atoms with E-state index < -0.39 is 29.7 Å². The van der Waals surface area contributed by atoms with E-state index in [-0.39, 0.29) is 10.8 Å². The number of carbonyl (C=O) groups excluding carboxylic acids is 2. The van der Waals surface area contributed by atoms with Gasteiger partial charge in [-0.3, -0.25) is 9.59 Å². The average Bonchev–Trinajstić information content (AvgIpc) is 3.00. The predicted molar refractivity (Wildman–Crippen MR) is 175 cm³/mol. The number of nitrogens with zero attached hydrogens (tertiary/aromatic N) is 1. The number of esters is 2. The molecule has 2 unspecified atom stereocenters. The molecule has 6 rings (SSSR count). The van der Waals surface area contributed by atoms with Crippen LogP contribution >= 0.6 is 23.2 Å². The first-order valence-corrected chi connectivity index (χ1v) is 14.9. The van der Waals surface area contributed by atoms with Crippen LogP contribution in [-0.2, 0) is 26.1 Å². The molecule has 10 heteroatoms. The van der Waals surface area contributed by atoms with Gasteiger partial charge in [-0.15, -0.1) is 0 Å². The van der Waals surface area contributed by atoms with Gasteiger partial charge in [0, 0.05) is 31.5 Å². The number of methoxy groups -OCH3 is 1. The maximum absolute atomic E-state index is 14.2. The first-order valence-electron chi connectivity index (χ1n) is 14.2. The summed E-state index contributed by atoms with van der Waals surface area (Å²) in [5.41, 5.74) is 0.701. The Balaban J connectivity index is 1.55. The summed E-state index contributed by atoms with van der Waals surface area (Å²) in [6, 6.07) is 18.1. The molecule has 1 aliphatic rings. The van der Waals surface area contributed by atoms with Gasteiger partial charge < -0.3 is 23.5 Å². The Bertz CT molecular complexity index is 2130. The molecule has 0 fully saturated rings. The van der Waals surface area contributed by atoms with E-state index in [9.17, 15) is 14.4 Å². The van der Waals surface area contributed by atoms with Gasteiger partial charge in [0.1, 0.15) is 17.1 Å². The van der Waals surface area contributed by atoms with Crippen molar-refractivity contribution < 1.29 is 28.5 Å². The summed E-state index contributed by atoms with van der Waals surface area (Å²) >= 11 is 12.1. The van der Waals surface area contributed by atoms with Gasteiger partial charge in [0.2, 0.25) is 5.43 Å². The van der Waals surface area contributed by atoms with E-state index in [0.29, 0.717) is 49.1 Å². The number of benzene rings is 4. The smallest absolute Gasteiger partial charge is 0.331 e. The molecule has 2 atom stereocenters. The lowest BCUT2D eigenvalue weighted by Gasteiger charge is -2.43. The zero-order chi connectivity index (χ0) is 32.2. The monoisotopic (exact) mass is 645 g/mol. The van der Waals surface area contributed by atoms with Crippen molar-refractivity contribution in [3.8, 4) is 11.5 Å². The molecule has 8 nitrogen and oxygen atoms in total. The van der Waals surface area contributed by atoms with E-state index in [4.69, 9.17) is 42.1 Å². The first kappa shape index (κ1) is 30.5. The fraction of sp³-hybridized carbons (Fsp3) is 0.229. The standard InChI is InChI=1S/C35H29Cl2NO7/c1-18(39)43-33-30-27(45-35(2,3)34(33)44-28(40)13-11-19-10-12-23(36)24(37)14-19)17-26(42-5)29-31(30)38(4)25-16-21-9-7-6-8-20(21)15-22(25)32(29)41/h6-17,33-34H,1-5H3/b13-11+. The Labute approximate surface area is 268 Å². The molecule has 0 saturated carbocycles. The average molecular weight is 647 g/mol. The van der Waals surface area contributed by atoms with Crippen molar-refractivity contribution in [1.29, 1.82) is 0 Å². The lowest BCUT2D eigenvalue weighted by Crippen LogP contribution is -2.52. The summed E-state index contributed by atoms with van der Waals surface area (Å²) in [4.78, 5) is 40.0. The second-order valence-corrected chi connectivity index (χ2v) is 12.2. The van der Waals surface area contributed by atoms with Gasteiger partial charge >= 0.3 is 11.9 Å². The highest BCUT2D eigenvalue weighted by atomic mass is 35.5. The van der Waals surface area contributed by atoms with Crippen LogP contribution in [0.25, 0.3) is 38.7 Å². The Morgan fingerprint density at radius 1 is 0.978 bits per heavy atom. The van der Waals surface area contributed by atoms with Gasteiger partial charge in [0.05, 0.1) is 39.1 Å². The Morgan fingerprint density at radius 3 is 2.36 bits per heavy atom. The van der Waals surface area contributed by atoms with Crippen LogP contribution in [0.5, 0.6) is 11.5 Å². The lowest BCUT2D eigenvalue weighted by atomic mass is 9.86. The van der Waals surface area contributed by atoms with Crippen molar-refractivity contribution in [3.63, 3.8) is 0 Å². The van der Waals surface area contributed by atoms with E-state index in [1.807, 2.05) is 48.0 Å². The maximum atomic E-state index is 14.2. The number of hydrogen-bond acceptors (Lipinski definition) is 7. The minimum Gasteiger partial charge on any atom is -0.496 e. The number of aryl methyl sites for hydroxylation is 1. The second-order valence-electron chi connectivity index (χ2n) is 11.4. The lowest BCUT2D eigenvalue weighted by molar-refractivity contribution is -0.185. The molecule has 0 saturated heterocycles. The summed E-state index contributed by atoms with van der Waals surface area (Å²) in [5, 5.41) is 3.38. The number of hydrogen-bond donors (Lipinski definition) is 0. The zero-order valence-electron chi connectivity index (χ0n) is 25.1. The number of carbonyl (C=O) groups is 2. The highest BCUT2D eigenvalue weighted by Gasteiger charge is 2.50. The van der Waals surface area contributed by atoms with Gasteiger partial charge in [-0.1, -0.05) is 53.5 Å². The first-order chi connectivity index (χ1) is 21.4. The topological polar surface area (TPSA) is 93.1 Å². The molecule has 1 aliphatic heterocycles. The SMILES string of the molecule is COc1cc2c(c3c1c(=O)c1cc4ccccc4cc1n3C)C(OC(C)=O)C(OC(=O)/C=C/c1ccc(Cl)c(Cl)c1)C(C)(C)O2. The van der Waals surface area contributed by atoms with Crippen LogP contribution in [0.15, 0.2) is 71.5 Å². The number of ether oxygens (including phenoxy) is 4. The van der Waals surface area contributed by atoms with Crippen LogP contribution in [0, 0.1) is 0 Å². The molecule has 0 bridgehead atoms. The number of rotatable bonds is 5. The van der Waals surface area contributed by atoms with Crippen LogP contribution in [-0.4, -0.2) is 35.3 Å². The molecule has 230 valence electrons. The van der Waals surface area contributed by atoms with Gasteiger partial charge in [-0.05, 0) is 60.5 Å². The van der Waals surface area contributed by atoms with Gasteiger partial charge in [-0.25, -0.2) is 4.79 Å². The number of aromatic nitrogens is 1. The molecule has 1 aromatic heterocycles. The third kappa shape index (κ3) is 5.38. The Kier molecular flexibility index (Phi) is 7.75. The van der Waals surface area contributed by atoms with Crippen LogP contribution < -0.4 is 14.9 Å². The highest BCUT2D eigenvalue weighted by Crippen LogP contribution is 2.49. The van der Waals surface area contributed by atoms with Crippen molar-refractivity contribution in [1.82, 2.24) is 4.57 Å². The third-order valence-corrected chi connectivity index (χ3v) is 8.77. The van der Waals surface area contributed by atoms with Gasteiger partial charge in [0.15, 0.2) is 12.2 Å². The van der Waals surface area contributed by atoms with Crippen molar-refractivity contribution in [3.05, 3.63) is 98.1 Å². The summed E-state index contributed by atoms with van der Waals surface area (Å²) in [7, 11) is 3.30. The molecular weight excluding hydrogens is 617 g/mol. The Morgan fingerprint density at radius 2 is 1.69 bits per heavy atom. The minimum absolute atomic E-state index is 0.256. The molecule has 2 heterocycles. The van der Waals surface area contributed by atoms with Gasteiger partial charge in [0.25, 0.3) is 0 Å². The molecule has 0 N–H and O–H groups in total. The molecular formula is C35H29Cl2NO7. The Hall–Kier alpha value is -4.53. The van der Waals surface area contributed by atoms with Crippen LogP contribution in [0.3, 0.4) is 0 Å². The third-order valence-electron chi connectivity index (χ3n) is 8.03. The quantitative estimate of drug-likeness (QED) is 0.111. The van der Waals surface area contributed by atoms with Crippen molar-refractivity contribution in [2.45, 2.75) is 38.6 Å². The molecule has 0 radical (unpaired) electrons. The van der Waals surface area contributed by atoms with E-state index in [0.717, 1.165) is 10.8 Å². The predicted octanol–water partition coefficient (Wildman–Crippen LogP) is 7.56. The normalized spacial score (nSPS) is 17.3. The van der Waals surface area contributed by atoms with Crippen molar-refractivity contribution >= 4 is 73.8 Å². The molecule has 0 spiro atoms. The molecule has 4 aromatic carbocycles. The van der Waals surface area contributed by atoms with Crippen LogP contribution in [0.2, 0.25) is 10.0 Å². The van der Waals surface area contributed by atoms with Crippen LogP contribution in [0.1, 0.15) is 38.0 Å². The maximum Gasteiger partial charge on any atom is 0.331 e. The van der Waals surface area contributed by atoms with E-state index >= 15 is 0 Å². The number of halogens is 2. The second kappa shape index (κ2) is 11.4. The highest BCUT2D eigenvalue weighted by molar-refractivity contribution is 6.42. The number of pyridine rings is 1. The van der Waals surface area contributed by atoms with Crippen molar-refractivity contribution in [2.75, 3.05) is 7.11 Å².